The van der Waals surface area contributed by atoms with Crippen molar-refractivity contribution >= 4 is 18.0 Å². The van der Waals surface area contributed by atoms with E-state index in [2.05, 4.69) is 4.74 Å². The lowest BCUT2D eigenvalue weighted by Crippen LogP contribution is -2.12. The third-order valence-electron chi connectivity index (χ3n) is 2.09. The Morgan fingerprint density at radius 1 is 1.47 bits per heavy atom. The van der Waals surface area contributed by atoms with Gasteiger partial charge in [-0.3, -0.25) is 9.59 Å². The van der Waals surface area contributed by atoms with Crippen molar-refractivity contribution in [3.05, 3.63) is 41.2 Å². The lowest BCUT2D eigenvalue weighted by atomic mass is 10.1. The zero-order valence-corrected chi connectivity index (χ0v) is 9.27. The normalized spacial score (nSPS) is 10.5. The molecule has 0 spiro atoms. The summed E-state index contributed by atoms with van der Waals surface area (Å²) >= 11 is 0. The molecule has 1 aromatic rings. The zero-order chi connectivity index (χ0) is 12.8. The van der Waals surface area contributed by atoms with Crippen LogP contribution in [0.1, 0.15) is 22.3 Å². The molecule has 1 aromatic carbocycles. The standard InChI is InChI=1S/C12H12FNO3/c1-17-11(15)4-2-3-8-7-9(13)5-6-10(8)12(14)16/h2-3,5-7H,4H2,1H3,(H2,14,16). The fourth-order valence-corrected chi connectivity index (χ4v) is 1.26. The Labute approximate surface area is 97.9 Å². The van der Waals surface area contributed by atoms with Gasteiger partial charge in [0.1, 0.15) is 5.82 Å². The van der Waals surface area contributed by atoms with Crippen LogP contribution in [0.3, 0.4) is 0 Å². The second-order valence-corrected chi connectivity index (χ2v) is 3.28. The molecule has 0 unspecified atom stereocenters. The van der Waals surface area contributed by atoms with Crippen molar-refractivity contribution in [3.63, 3.8) is 0 Å². The summed E-state index contributed by atoms with van der Waals surface area (Å²) in [5.41, 5.74) is 5.67. The van der Waals surface area contributed by atoms with Crippen molar-refractivity contribution in [2.75, 3.05) is 7.11 Å². The first kappa shape index (κ1) is 12.9. The first-order chi connectivity index (χ1) is 8.04. The molecule has 4 nitrogen and oxygen atoms in total. The van der Waals surface area contributed by atoms with Crippen molar-refractivity contribution in [2.45, 2.75) is 6.42 Å². The van der Waals surface area contributed by atoms with Crippen molar-refractivity contribution in [3.8, 4) is 0 Å². The van der Waals surface area contributed by atoms with Crippen molar-refractivity contribution in [1.82, 2.24) is 0 Å². The van der Waals surface area contributed by atoms with E-state index in [1.807, 2.05) is 0 Å². The molecule has 1 amide bonds. The van der Waals surface area contributed by atoms with Crippen LogP contribution in [0.4, 0.5) is 4.39 Å². The minimum absolute atomic E-state index is 0.0468. The van der Waals surface area contributed by atoms with Crippen LogP contribution in [-0.4, -0.2) is 19.0 Å². The second-order valence-electron chi connectivity index (χ2n) is 3.28. The number of halogens is 1. The highest BCUT2D eigenvalue weighted by Gasteiger charge is 2.06. The first-order valence-corrected chi connectivity index (χ1v) is 4.87. The number of methoxy groups -OCH3 is 1. The second kappa shape index (κ2) is 5.79. The molecule has 0 fully saturated rings. The van der Waals surface area contributed by atoms with Crippen LogP contribution in [0.25, 0.3) is 6.08 Å². The molecule has 0 heterocycles. The van der Waals surface area contributed by atoms with E-state index in [1.54, 1.807) is 0 Å². The van der Waals surface area contributed by atoms with Crippen LogP contribution < -0.4 is 5.73 Å². The molecule has 2 N–H and O–H groups in total. The van der Waals surface area contributed by atoms with Gasteiger partial charge in [-0.1, -0.05) is 12.2 Å². The van der Waals surface area contributed by atoms with Gasteiger partial charge in [-0.05, 0) is 23.8 Å². The quantitative estimate of drug-likeness (QED) is 0.807. The van der Waals surface area contributed by atoms with Crippen LogP contribution in [0, 0.1) is 5.82 Å². The molecule has 0 aliphatic carbocycles. The number of hydrogen-bond acceptors (Lipinski definition) is 3. The van der Waals surface area contributed by atoms with Crippen molar-refractivity contribution in [2.24, 2.45) is 5.73 Å². The molecule has 0 aromatic heterocycles. The highest BCUT2D eigenvalue weighted by molar-refractivity contribution is 5.96. The van der Waals surface area contributed by atoms with Gasteiger partial charge in [-0.2, -0.15) is 0 Å². The molecule has 0 aliphatic heterocycles. The van der Waals surface area contributed by atoms with E-state index in [-0.39, 0.29) is 12.0 Å². The van der Waals surface area contributed by atoms with Crippen molar-refractivity contribution < 1.29 is 18.7 Å². The number of rotatable bonds is 4. The zero-order valence-electron chi connectivity index (χ0n) is 9.27. The van der Waals surface area contributed by atoms with Crippen LogP contribution in [0.2, 0.25) is 0 Å². The van der Waals surface area contributed by atoms with E-state index >= 15 is 0 Å². The minimum Gasteiger partial charge on any atom is -0.469 e. The SMILES string of the molecule is COC(=O)CC=Cc1cc(F)ccc1C(N)=O. The number of carbonyl (C=O) groups excluding carboxylic acids is 2. The molecule has 90 valence electrons. The lowest BCUT2D eigenvalue weighted by molar-refractivity contribution is -0.139. The number of esters is 1. The fraction of sp³-hybridized carbons (Fsp3) is 0.167. The van der Waals surface area contributed by atoms with E-state index in [4.69, 9.17) is 5.73 Å². The Morgan fingerprint density at radius 3 is 2.76 bits per heavy atom. The van der Waals surface area contributed by atoms with Crippen LogP contribution >= 0.6 is 0 Å². The van der Waals surface area contributed by atoms with Crippen LogP contribution in [-0.2, 0) is 9.53 Å². The summed E-state index contributed by atoms with van der Waals surface area (Å²) in [5.74, 6) is -1.55. The van der Waals surface area contributed by atoms with Gasteiger partial charge in [0, 0.05) is 5.56 Å². The summed E-state index contributed by atoms with van der Waals surface area (Å²) in [4.78, 5) is 21.9. The molecule has 17 heavy (non-hydrogen) atoms. The summed E-state index contributed by atoms with van der Waals surface area (Å²) in [5, 5.41) is 0. The summed E-state index contributed by atoms with van der Waals surface area (Å²) in [7, 11) is 1.27. The summed E-state index contributed by atoms with van der Waals surface area (Å²) in [6.07, 6.45) is 2.98. The Kier molecular flexibility index (Phi) is 4.39. The molecule has 0 bridgehead atoms. The van der Waals surface area contributed by atoms with Gasteiger partial charge in [0.05, 0.1) is 13.5 Å². The highest BCUT2D eigenvalue weighted by Crippen LogP contribution is 2.13. The smallest absolute Gasteiger partial charge is 0.309 e. The number of primary amides is 1. The monoisotopic (exact) mass is 237 g/mol. The Morgan fingerprint density at radius 2 is 2.18 bits per heavy atom. The number of ether oxygens (including phenoxy) is 1. The van der Waals surface area contributed by atoms with E-state index < -0.39 is 17.7 Å². The topological polar surface area (TPSA) is 69.4 Å². The summed E-state index contributed by atoms with van der Waals surface area (Å²) in [6.45, 7) is 0. The average Bonchev–Trinajstić information content (AvgIpc) is 2.28. The largest absolute Gasteiger partial charge is 0.469 e. The highest BCUT2D eigenvalue weighted by atomic mass is 19.1. The maximum absolute atomic E-state index is 13.0. The Balaban J connectivity index is 2.92. The van der Waals surface area contributed by atoms with Gasteiger partial charge < -0.3 is 10.5 Å². The fourth-order valence-electron chi connectivity index (χ4n) is 1.26. The maximum Gasteiger partial charge on any atom is 0.309 e. The summed E-state index contributed by atoms with van der Waals surface area (Å²) < 4.78 is 17.4. The van der Waals surface area contributed by atoms with Gasteiger partial charge in [0.15, 0.2) is 0 Å². The number of carbonyl (C=O) groups is 2. The van der Waals surface area contributed by atoms with Gasteiger partial charge in [-0.15, -0.1) is 0 Å². The first-order valence-electron chi connectivity index (χ1n) is 4.87. The Bertz CT molecular complexity index is 469. The van der Waals surface area contributed by atoms with Crippen molar-refractivity contribution in [1.29, 1.82) is 0 Å². The lowest BCUT2D eigenvalue weighted by Gasteiger charge is -2.01. The molecular formula is C12H12FNO3. The molecule has 0 atom stereocenters. The molecule has 0 radical (unpaired) electrons. The average molecular weight is 237 g/mol. The molecule has 0 aliphatic rings. The summed E-state index contributed by atoms with van der Waals surface area (Å²) in [6, 6.07) is 3.63. The van der Waals surface area contributed by atoms with Gasteiger partial charge in [-0.25, -0.2) is 4.39 Å². The van der Waals surface area contributed by atoms with Gasteiger partial charge in [0.2, 0.25) is 5.91 Å². The predicted molar refractivity (Wildman–Crippen MR) is 60.6 cm³/mol. The third kappa shape index (κ3) is 3.71. The number of benzene rings is 1. The number of hydrogen-bond donors (Lipinski definition) is 1. The van der Waals surface area contributed by atoms with E-state index in [0.29, 0.717) is 5.56 Å². The Hall–Kier alpha value is -2.17. The van der Waals surface area contributed by atoms with Crippen LogP contribution in [0.5, 0.6) is 0 Å². The predicted octanol–water partition coefficient (Wildman–Crippen LogP) is 1.50. The molecule has 0 saturated heterocycles. The van der Waals surface area contributed by atoms with E-state index in [0.717, 1.165) is 6.07 Å². The molecule has 5 heteroatoms. The van der Waals surface area contributed by atoms with Gasteiger partial charge >= 0.3 is 5.97 Å². The number of nitrogens with two attached hydrogens (primary N) is 1. The van der Waals surface area contributed by atoms with E-state index in [1.165, 1.54) is 31.4 Å². The molecule has 1 rings (SSSR count). The molecular weight excluding hydrogens is 225 g/mol. The minimum atomic E-state index is -0.650. The third-order valence-corrected chi connectivity index (χ3v) is 2.09. The maximum atomic E-state index is 13.0. The van der Waals surface area contributed by atoms with E-state index in [9.17, 15) is 14.0 Å². The van der Waals surface area contributed by atoms with Gasteiger partial charge in [0.25, 0.3) is 0 Å². The van der Waals surface area contributed by atoms with Crippen LogP contribution in [0.15, 0.2) is 24.3 Å². The number of amides is 1. The molecule has 0 saturated carbocycles.